The fourth-order valence-corrected chi connectivity index (χ4v) is 3.15. The topological polar surface area (TPSA) is 20.2 Å². The second kappa shape index (κ2) is 5.26. The molecule has 1 aliphatic heterocycles. The third-order valence-electron chi connectivity index (χ3n) is 4.20. The van der Waals surface area contributed by atoms with Gasteiger partial charge in [0.25, 0.3) is 0 Å². The summed E-state index contributed by atoms with van der Waals surface area (Å²) < 4.78 is 2.26. The Bertz CT molecular complexity index is 740. The van der Waals surface area contributed by atoms with Crippen molar-refractivity contribution in [2.75, 3.05) is 31.1 Å². The number of nitrogens with zero attached hydrogens (tertiary/aromatic N) is 2. The molecule has 2 aromatic carbocycles. The molecule has 1 N–H and O–H groups in total. The van der Waals surface area contributed by atoms with Crippen LogP contribution in [0.25, 0.3) is 16.6 Å². The highest BCUT2D eigenvalue weighted by atomic mass is 15.2. The number of aromatic nitrogens is 1. The molecular weight excluding hydrogens is 258 g/mol. The molecule has 1 aromatic heterocycles. The lowest BCUT2D eigenvalue weighted by Gasteiger charge is -2.30. The molecule has 0 amide bonds. The zero-order valence-electron chi connectivity index (χ0n) is 12.0. The van der Waals surface area contributed by atoms with E-state index in [2.05, 4.69) is 75.6 Å². The third kappa shape index (κ3) is 2.20. The molecule has 1 aliphatic rings. The molecule has 1 saturated heterocycles. The standard InChI is InChI=1S/C18H19N3/c1-2-5-15(6-3-1)21-12-9-16-17(7-4-8-18(16)21)20-13-10-19-11-14-20/h1-9,12,19H,10-11,13-14H2. The van der Waals surface area contributed by atoms with Gasteiger partial charge < -0.3 is 14.8 Å². The van der Waals surface area contributed by atoms with E-state index in [0.29, 0.717) is 0 Å². The van der Waals surface area contributed by atoms with Crippen molar-refractivity contribution < 1.29 is 0 Å². The molecule has 2 heterocycles. The zero-order valence-corrected chi connectivity index (χ0v) is 12.0. The lowest BCUT2D eigenvalue weighted by atomic mass is 10.2. The maximum Gasteiger partial charge on any atom is 0.0549 e. The van der Waals surface area contributed by atoms with E-state index in [4.69, 9.17) is 0 Å². The number of rotatable bonds is 2. The van der Waals surface area contributed by atoms with Crippen LogP contribution in [0.2, 0.25) is 0 Å². The number of nitrogens with one attached hydrogen (secondary N) is 1. The number of fused-ring (bicyclic) bond motifs is 1. The van der Waals surface area contributed by atoms with Gasteiger partial charge in [-0.15, -0.1) is 0 Å². The van der Waals surface area contributed by atoms with Crippen LogP contribution in [-0.4, -0.2) is 30.7 Å². The summed E-state index contributed by atoms with van der Waals surface area (Å²) in [6, 6.07) is 19.4. The molecule has 21 heavy (non-hydrogen) atoms. The number of hydrogen-bond acceptors (Lipinski definition) is 2. The smallest absolute Gasteiger partial charge is 0.0549 e. The van der Waals surface area contributed by atoms with Gasteiger partial charge >= 0.3 is 0 Å². The predicted molar refractivity (Wildman–Crippen MR) is 88.4 cm³/mol. The Kier molecular flexibility index (Phi) is 3.13. The Morgan fingerprint density at radius 1 is 0.810 bits per heavy atom. The van der Waals surface area contributed by atoms with E-state index < -0.39 is 0 Å². The second-order valence-corrected chi connectivity index (χ2v) is 5.47. The number of para-hydroxylation sites is 1. The van der Waals surface area contributed by atoms with Gasteiger partial charge in [0.1, 0.15) is 0 Å². The lowest BCUT2D eigenvalue weighted by molar-refractivity contribution is 0.590. The molecule has 0 aliphatic carbocycles. The summed E-state index contributed by atoms with van der Waals surface area (Å²) in [7, 11) is 0. The normalized spacial score (nSPS) is 15.5. The molecule has 0 bridgehead atoms. The number of hydrogen-bond donors (Lipinski definition) is 1. The quantitative estimate of drug-likeness (QED) is 0.777. The minimum atomic E-state index is 1.07. The van der Waals surface area contributed by atoms with Crippen LogP contribution < -0.4 is 10.2 Å². The molecule has 0 spiro atoms. The van der Waals surface area contributed by atoms with Gasteiger partial charge in [-0.05, 0) is 30.3 Å². The van der Waals surface area contributed by atoms with Gasteiger partial charge in [-0.1, -0.05) is 24.3 Å². The molecule has 1 fully saturated rings. The first-order chi connectivity index (χ1) is 10.4. The highest BCUT2D eigenvalue weighted by Gasteiger charge is 2.14. The lowest BCUT2D eigenvalue weighted by Crippen LogP contribution is -2.43. The third-order valence-corrected chi connectivity index (χ3v) is 4.20. The zero-order chi connectivity index (χ0) is 14.1. The largest absolute Gasteiger partial charge is 0.368 e. The Balaban J connectivity index is 1.83. The second-order valence-electron chi connectivity index (χ2n) is 5.47. The van der Waals surface area contributed by atoms with Gasteiger partial charge in [0.15, 0.2) is 0 Å². The van der Waals surface area contributed by atoms with Crippen LogP contribution in [-0.2, 0) is 0 Å². The van der Waals surface area contributed by atoms with Crippen LogP contribution in [0.1, 0.15) is 0 Å². The molecule has 106 valence electrons. The molecule has 0 unspecified atom stereocenters. The molecule has 4 rings (SSSR count). The van der Waals surface area contributed by atoms with Crippen LogP contribution in [0.15, 0.2) is 60.8 Å². The first kappa shape index (κ1) is 12.5. The fraction of sp³-hybridized carbons (Fsp3) is 0.222. The van der Waals surface area contributed by atoms with Crippen molar-refractivity contribution in [2.45, 2.75) is 0 Å². The summed E-state index contributed by atoms with van der Waals surface area (Å²) in [5, 5.41) is 4.75. The van der Waals surface area contributed by atoms with Crippen molar-refractivity contribution in [1.82, 2.24) is 9.88 Å². The van der Waals surface area contributed by atoms with Gasteiger partial charge in [-0.2, -0.15) is 0 Å². The predicted octanol–water partition coefficient (Wildman–Crippen LogP) is 3.04. The van der Waals surface area contributed by atoms with E-state index in [9.17, 15) is 0 Å². The first-order valence-corrected chi connectivity index (χ1v) is 7.55. The van der Waals surface area contributed by atoms with Crippen LogP contribution in [0, 0.1) is 0 Å². The van der Waals surface area contributed by atoms with E-state index in [1.165, 1.54) is 22.3 Å². The van der Waals surface area contributed by atoms with Crippen LogP contribution in [0.5, 0.6) is 0 Å². The summed E-state index contributed by atoms with van der Waals surface area (Å²) in [6.07, 6.45) is 2.17. The van der Waals surface area contributed by atoms with Crippen molar-refractivity contribution >= 4 is 16.6 Å². The van der Waals surface area contributed by atoms with E-state index >= 15 is 0 Å². The summed E-state index contributed by atoms with van der Waals surface area (Å²) in [5.74, 6) is 0. The van der Waals surface area contributed by atoms with Crippen molar-refractivity contribution in [3.63, 3.8) is 0 Å². The average Bonchev–Trinajstić information content (AvgIpc) is 3.00. The Hall–Kier alpha value is -2.26. The Labute approximate surface area is 124 Å². The van der Waals surface area contributed by atoms with Gasteiger partial charge in [-0.3, -0.25) is 0 Å². The van der Waals surface area contributed by atoms with Crippen LogP contribution >= 0.6 is 0 Å². The number of anilines is 1. The maximum absolute atomic E-state index is 3.42. The van der Waals surface area contributed by atoms with Gasteiger partial charge in [0.2, 0.25) is 0 Å². The highest BCUT2D eigenvalue weighted by molar-refractivity contribution is 5.94. The van der Waals surface area contributed by atoms with E-state index in [1.54, 1.807) is 0 Å². The summed E-state index contributed by atoms with van der Waals surface area (Å²) in [6.45, 7) is 4.29. The van der Waals surface area contributed by atoms with E-state index in [1.807, 2.05) is 0 Å². The van der Waals surface area contributed by atoms with Gasteiger partial charge in [-0.25, -0.2) is 0 Å². The van der Waals surface area contributed by atoms with Crippen molar-refractivity contribution in [2.24, 2.45) is 0 Å². The maximum atomic E-state index is 3.42. The number of piperazine rings is 1. The van der Waals surface area contributed by atoms with E-state index in [0.717, 1.165) is 26.2 Å². The minimum Gasteiger partial charge on any atom is -0.368 e. The van der Waals surface area contributed by atoms with Crippen molar-refractivity contribution in [1.29, 1.82) is 0 Å². The van der Waals surface area contributed by atoms with Crippen LogP contribution in [0.3, 0.4) is 0 Å². The van der Waals surface area contributed by atoms with E-state index in [-0.39, 0.29) is 0 Å². The molecule has 0 radical (unpaired) electrons. The SMILES string of the molecule is c1ccc(-n2ccc3c(N4CCNCC4)cccc32)cc1. The first-order valence-electron chi connectivity index (χ1n) is 7.55. The Morgan fingerprint density at radius 3 is 2.43 bits per heavy atom. The molecule has 0 atom stereocenters. The molecule has 3 heteroatoms. The summed E-state index contributed by atoms with van der Waals surface area (Å²) >= 11 is 0. The monoisotopic (exact) mass is 277 g/mol. The van der Waals surface area contributed by atoms with Crippen molar-refractivity contribution in [3.05, 3.63) is 60.8 Å². The average molecular weight is 277 g/mol. The van der Waals surface area contributed by atoms with Gasteiger partial charge in [0, 0.05) is 49.1 Å². The molecular formula is C18H19N3. The Morgan fingerprint density at radius 2 is 1.62 bits per heavy atom. The molecule has 3 aromatic rings. The van der Waals surface area contributed by atoms with Crippen LogP contribution in [0.4, 0.5) is 5.69 Å². The fourth-order valence-electron chi connectivity index (χ4n) is 3.15. The number of benzene rings is 2. The highest BCUT2D eigenvalue weighted by Crippen LogP contribution is 2.29. The van der Waals surface area contributed by atoms with Crippen molar-refractivity contribution in [3.8, 4) is 5.69 Å². The summed E-state index contributed by atoms with van der Waals surface area (Å²) in [5.41, 5.74) is 3.84. The molecule has 3 nitrogen and oxygen atoms in total. The molecule has 0 saturated carbocycles. The summed E-state index contributed by atoms with van der Waals surface area (Å²) in [4.78, 5) is 2.48. The van der Waals surface area contributed by atoms with Gasteiger partial charge in [0.05, 0.1) is 5.52 Å². The minimum absolute atomic E-state index is 1.07.